The standard InChI is InChI=1S/C13H17N3O4S2/c1-15-8-10(7-14-15)12-9-16(4-5-20-12)22(17,18)13-11(19-2)3-6-21-13/h3,6-8,12H,4-5,9H2,1-2H3/t12-/m1/s1. The number of rotatable bonds is 4. The van der Waals surface area contributed by atoms with E-state index in [1.165, 1.54) is 11.4 Å². The molecule has 1 fully saturated rings. The molecule has 1 aliphatic heterocycles. The smallest absolute Gasteiger partial charge is 0.256 e. The van der Waals surface area contributed by atoms with Gasteiger partial charge in [-0.1, -0.05) is 0 Å². The molecule has 1 aliphatic rings. The van der Waals surface area contributed by atoms with Gasteiger partial charge in [-0.25, -0.2) is 8.42 Å². The first kappa shape index (κ1) is 15.5. The third kappa shape index (κ3) is 2.76. The van der Waals surface area contributed by atoms with Crippen LogP contribution in [-0.2, 0) is 21.8 Å². The van der Waals surface area contributed by atoms with E-state index in [1.807, 2.05) is 13.2 Å². The fourth-order valence-electron chi connectivity index (χ4n) is 2.39. The molecule has 3 heterocycles. The summed E-state index contributed by atoms with van der Waals surface area (Å²) >= 11 is 1.16. The predicted molar refractivity (Wildman–Crippen MR) is 81.5 cm³/mol. The molecule has 3 rings (SSSR count). The van der Waals surface area contributed by atoms with E-state index in [4.69, 9.17) is 9.47 Å². The first-order valence-corrected chi connectivity index (χ1v) is 9.06. The van der Waals surface area contributed by atoms with Crippen LogP contribution in [0.4, 0.5) is 0 Å². The number of ether oxygens (including phenoxy) is 2. The molecule has 0 radical (unpaired) electrons. The summed E-state index contributed by atoms with van der Waals surface area (Å²) in [6, 6.07) is 1.66. The third-order valence-electron chi connectivity index (χ3n) is 3.52. The molecular weight excluding hydrogens is 326 g/mol. The molecule has 0 aromatic carbocycles. The molecule has 1 saturated heterocycles. The maximum Gasteiger partial charge on any atom is 0.256 e. The fourth-order valence-corrected chi connectivity index (χ4v) is 5.23. The van der Waals surface area contributed by atoms with E-state index < -0.39 is 10.0 Å². The van der Waals surface area contributed by atoms with Crippen LogP contribution in [0.3, 0.4) is 0 Å². The molecule has 0 spiro atoms. The van der Waals surface area contributed by atoms with Crippen molar-refractivity contribution in [2.75, 3.05) is 26.8 Å². The second-order valence-electron chi connectivity index (χ2n) is 4.95. The zero-order chi connectivity index (χ0) is 15.7. The van der Waals surface area contributed by atoms with E-state index >= 15 is 0 Å². The molecule has 0 bridgehead atoms. The zero-order valence-electron chi connectivity index (χ0n) is 12.3. The summed E-state index contributed by atoms with van der Waals surface area (Å²) < 4.78 is 39.8. The topological polar surface area (TPSA) is 73.7 Å². The molecule has 2 aromatic rings. The van der Waals surface area contributed by atoms with Crippen molar-refractivity contribution in [3.63, 3.8) is 0 Å². The Morgan fingerprint density at radius 3 is 3.00 bits per heavy atom. The zero-order valence-corrected chi connectivity index (χ0v) is 13.9. The molecule has 120 valence electrons. The van der Waals surface area contributed by atoms with E-state index in [0.717, 1.165) is 16.9 Å². The Bertz CT molecular complexity index is 753. The van der Waals surface area contributed by atoms with Crippen LogP contribution in [0.2, 0.25) is 0 Å². The van der Waals surface area contributed by atoms with E-state index in [1.54, 1.807) is 22.3 Å². The minimum atomic E-state index is -3.58. The van der Waals surface area contributed by atoms with Crippen LogP contribution in [0, 0.1) is 0 Å². The van der Waals surface area contributed by atoms with Gasteiger partial charge in [0.2, 0.25) is 0 Å². The summed E-state index contributed by atoms with van der Waals surface area (Å²) in [4.78, 5) is 0. The number of morpholine rings is 1. The van der Waals surface area contributed by atoms with Gasteiger partial charge in [-0.15, -0.1) is 11.3 Å². The number of aromatic nitrogens is 2. The highest BCUT2D eigenvalue weighted by molar-refractivity contribution is 7.91. The number of hydrogen-bond donors (Lipinski definition) is 0. The van der Waals surface area contributed by atoms with Crippen molar-refractivity contribution < 1.29 is 17.9 Å². The van der Waals surface area contributed by atoms with E-state index in [9.17, 15) is 8.42 Å². The van der Waals surface area contributed by atoms with E-state index in [-0.39, 0.29) is 16.9 Å². The fraction of sp³-hybridized carbons (Fsp3) is 0.462. The van der Waals surface area contributed by atoms with Gasteiger partial charge < -0.3 is 9.47 Å². The van der Waals surface area contributed by atoms with Crippen molar-refractivity contribution in [1.29, 1.82) is 0 Å². The molecule has 0 aliphatic carbocycles. The molecule has 0 amide bonds. The maximum absolute atomic E-state index is 12.8. The molecule has 7 nitrogen and oxygen atoms in total. The highest BCUT2D eigenvalue weighted by Crippen LogP contribution is 2.34. The van der Waals surface area contributed by atoms with Crippen LogP contribution < -0.4 is 4.74 Å². The molecule has 1 atom stereocenters. The average Bonchev–Trinajstić information content (AvgIpc) is 3.16. The molecule has 2 aromatic heterocycles. The van der Waals surface area contributed by atoms with Gasteiger partial charge in [0, 0.05) is 31.9 Å². The minimum Gasteiger partial charge on any atom is -0.494 e. The van der Waals surface area contributed by atoms with Gasteiger partial charge in [0.1, 0.15) is 5.75 Å². The van der Waals surface area contributed by atoms with Crippen LogP contribution in [0.15, 0.2) is 28.0 Å². The van der Waals surface area contributed by atoms with Crippen LogP contribution in [0.5, 0.6) is 5.75 Å². The maximum atomic E-state index is 12.8. The van der Waals surface area contributed by atoms with Crippen LogP contribution in [-0.4, -0.2) is 49.3 Å². The van der Waals surface area contributed by atoms with Crippen LogP contribution >= 0.6 is 11.3 Å². The quantitative estimate of drug-likeness (QED) is 0.835. The molecule has 0 saturated carbocycles. The summed E-state index contributed by atoms with van der Waals surface area (Å²) in [6.07, 6.45) is 3.24. The number of sulfonamides is 1. The van der Waals surface area contributed by atoms with Crippen molar-refractivity contribution in [2.24, 2.45) is 7.05 Å². The normalized spacial score (nSPS) is 20.2. The Balaban J connectivity index is 1.85. The summed E-state index contributed by atoms with van der Waals surface area (Å²) in [7, 11) is -0.288. The Morgan fingerprint density at radius 2 is 2.32 bits per heavy atom. The second-order valence-corrected chi connectivity index (χ2v) is 8.00. The van der Waals surface area contributed by atoms with Gasteiger partial charge in [-0.2, -0.15) is 9.40 Å². The van der Waals surface area contributed by atoms with Crippen molar-refractivity contribution in [3.8, 4) is 5.75 Å². The third-order valence-corrected chi connectivity index (χ3v) is 6.80. The lowest BCUT2D eigenvalue weighted by Gasteiger charge is -2.31. The lowest BCUT2D eigenvalue weighted by molar-refractivity contribution is -0.00256. The number of hydrogen-bond acceptors (Lipinski definition) is 6. The lowest BCUT2D eigenvalue weighted by atomic mass is 10.2. The molecule has 0 unspecified atom stereocenters. The van der Waals surface area contributed by atoms with Crippen LogP contribution in [0.1, 0.15) is 11.7 Å². The summed E-state index contributed by atoms with van der Waals surface area (Å²) in [5.41, 5.74) is 0.876. The number of aryl methyl sites for hydroxylation is 1. The Kier molecular flexibility index (Phi) is 4.22. The summed E-state index contributed by atoms with van der Waals surface area (Å²) in [5.74, 6) is 0.384. The van der Waals surface area contributed by atoms with Crippen molar-refractivity contribution in [2.45, 2.75) is 10.3 Å². The Morgan fingerprint density at radius 1 is 1.50 bits per heavy atom. The van der Waals surface area contributed by atoms with Gasteiger partial charge in [0.05, 0.1) is 26.0 Å². The van der Waals surface area contributed by atoms with E-state index in [0.29, 0.717) is 18.9 Å². The molecule has 9 heteroatoms. The molecule has 0 N–H and O–H groups in total. The average molecular weight is 343 g/mol. The van der Waals surface area contributed by atoms with E-state index in [2.05, 4.69) is 5.10 Å². The van der Waals surface area contributed by atoms with Gasteiger partial charge in [-0.05, 0) is 11.4 Å². The minimum absolute atomic E-state index is 0.238. The SMILES string of the molecule is COc1ccsc1S(=O)(=O)N1CCO[C@@H](c2cnn(C)c2)C1. The lowest BCUT2D eigenvalue weighted by Crippen LogP contribution is -2.41. The van der Waals surface area contributed by atoms with Gasteiger partial charge in [0.15, 0.2) is 4.21 Å². The largest absolute Gasteiger partial charge is 0.494 e. The second kappa shape index (κ2) is 5.99. The Labute approximate surface area is 133 Å². The van der Waals surface area contributed by atoms with Crippen molar-refractivity contribution in [3.05, 3.63) is 29.4 Å². The monoisotopic (exact) mass is 343 g/mol. The highest BCUT2D eigenvalue weighted by Gasteiger charge is 2.34. The predicted octanol–water partition coefficient (Wildman–Crippen LogP) is 1.25. The van der Waals surface area contributed by atoms with Crippen molar-refractivity contribution in [1.82, 2.24) is 14.1 Å². The van der Waals surface area contributed by atoms with Gasteiger partial charge >= 0.3 is 0 Å². The van der Waals surface area contributed by atoms with Gasteiger partial charge in [-0.3, -0.25) is 4.68 Å². The van der Waals surface area contributed by atoms with Crippen LogP contribution in [0.25, 0.3) is 0 Å². The number of nitrogens with zero attached hydrogens (tertiary/aromatic N) is 3. The first-order valence-electron chi connectivity index (χ1n) is 6.74. The molecular formula is C13H17N3O4S2. The Hall–Kier alpha value is -1.42. The summed E-state index contributed by atoms with van der Waals surface area (Å²) in [5, 5.41) is 5.82. The summed E-state index contributed by atoms with van der Waals surface area (Å²) in [6.45, 7) is 0.960. The van der Waals surface area contributed by atoms with Gasteiger partial charge in [0.25, 0.3) is 10.0 Å². The first-order chi connectivity index (χ1) is 10.5. The number of methoxy groups -OCH3 is 1. The van der Waals surface area contributed by atoms with Crippen molar-refractivity contribution >= 4 is 21.4 Å². The highest BCUT2D eigenvalue weighted by atomic mass is 32.2. The molecule has 22 heavy (non-hydrogen) atoms. The number of thiophene rings is 1.